The highest BCUT2D eigenvalue weighted by molar-refractivity contribution is 7.88. The number of aryl methyl sites for hydroxylation is 2. The number of benzene rings is 2. The normalized spacial score (nSPS) is 12.2. The van der Waals surface area contributed by atoms with Crippen molar-refractivity contribution >= 4 is 28.0 Å². The molecule has 0 radical (unpaired) electrons. The van der Waals surface area contributed by atoms with Crippen molar-refractivity contribution in [3.8, 4) is 0 Å². The van der Waals surface area contributed by atoms with Crippen molar-refractivity contribution in [2.24, 2.45) is 0 Å². The van der Waals surface area contributed by atoms with Crippen molar-refractivity contribution in [3.63, 3.8) is 0 Å². The molecule has 0 heterocycles. The molecule has 0 aliphatic carbocycles. The van der Waals surface area contributed by atoms with E-state index in [-0.39, 0.29) is 0 Å². The molecule has 0 aliphatic rings. The minimum atomic E-state index is -5.71. The first-order chi connectivity index (χ1) is 10.6. The van der Waals surface area contributed by atoms with Crippen molar-refractivity contribution in [2.45, 2.75) is 19.4 Å². The zero-order valence-corrected chi connectivity index (χ0v) is 13.3. The van der Waals surface area contributed by atoms with Crippen LogP contribution in [0.2, 0.25) is 0 Å². The lowest BCUT2D eigenvalue weighted by atomic mass is 9.56. The highest BCUT2D eigenvalue weighted by Crippen LogP contribution is 2.25. The molecule has 0 spiro atoms. The fourth-order valence-corrected chi connectivity index (χ4v) is 2.55. The number of hydrogen-bond donors (Lipinski definition) is 0. The minimum absolute atomic E-state index is 0.326. The van der Waals surface area contributed by atoms with Crippen LogP contribution in [0.15, 0.2) is 48.5 Å². The third-order valence-electron chi connectivity index (χ3n) is 3.27. The second-order valence-electron chi connectivity index (χ2n) is 5.20. The van der Waals surface area contributed by atoms with Gasteiger partial charge >= 0.3 is 22.5 Å². The van der Waals surface area contributed by atoms with Crippen molar-refractivity contribution < 1.29 is 25.7 Å². The zero-order valence-electron chi connectivity index (χ0n) is 12.5. The largest absolute Gasteiger partial charge is 0.521 e. The third kappa shape index (κ3) is 4.14. The maximum Gasteiger partial charge on any atom is 0.521 e. The fourth-order valence-electron chi connectivity index (χ4n) is 1.97. The predicted molar refractivity (Wildman–Crippen MR) is 83.4 cm³/mol. The highest BCUT2D eigenvalue weighted by Gasteiger charge is 2.49. The standard InChI is InChI=1S/C15H14BF3O3S/c1-11-3-7-13(8-4-11)16(14-9-5-12(2)6-10-14)22-23(20,21)15(17,18)19/h3-10H,1-2H3. The second kappa shape index (κ2) is 6.37. The molecule has 0 aromatic heterocycles. The van der Waals surface area contributed by atoms with E-state index in [1.54, 1.807) is 48.5 Å². The molecule has 2 aromatic rings. The number of rotatable bonds is 4. The van der Waals surface area contributed by atoms with Crippen LogP contribution in [0.25, 0.3) is 0 Å². The molecule has 0 unspecified atom stereocenters. The Hall–Kier alpha value is -1.80. The molecule has 0 N–H and O–H groups in total. The summed E-state index contributed by atoms with van der Waals surface area (Å²) in [5.41, 5.74) is -3.02. The monoisotopic (exact) mass is 342 g/mol. The fraction of sp³-hybridized carbons (Fsp3) is 0.200. The van der Waals surface area contributed by atoms with Crippen LogP contribution in [-0.2, 0) is 14.2 Å². The highest BCUT2D eigenvalue weighted by atomic mass is 32.2. The molecule has 0 atom stereocenters. The summed E-state index contributed by atoms with van der Waals surface area (Å²) in [6.07, 6.45) is 0. The lowest BCUT2D eigenvalue weighted by molar-refractivity contribution is -0.0500. The van der Waals surface area contributed by atoms with Gasteiger partial charge in [-0.15, -0.1) is 0 Å². The Kier molecular flexibility index (Phi) is 4.86. The molecule has 0 saturated heterocycles. The summed E-state index contributed by atoms with van der Waals surface area (Å²) in [5.74, 6) is 0. The van der Waals surface area contributed by atoms with E-state index in [0.29, 0.717) is 10.9 Å². The summed E-state index contributed by atoms with van der Waals surface area (Å²) >= 11 is 0. The van der Waals surface area contributed by atoms with Gasteiger partial charge in [-0.3, -0.25) is 0 Å². The zero-order chi connectivity index (χ0) is 17.3. The van der Waals surface area contributed by atoms with Gasteiger partial charge in [-0.2, -0.15) is 21.6 Å². The van der Waals surface area contributed by atoms with Crippen molar-refractivity contribution in [3.05, 3.63) is 59.7 Å². The lowest BCUT2D eigenvalue weighted by Crippen LogP contribution is -2.48. The lowest BCUT2D eigenvalue weighted by Gasteiger charge is -2.17. The van der Waals surface area contributed by atoms with Crippen LogP contribution in [0.5, 0.6) is 0 Å². The van der Waals surface area contributed by atoms with Crippen molar-refractivity contribution in [2.75, 3.05) is 0 Å². The first-order valence-corrected chi connectivity index (χ1v) is 8.14. The van der Waals surface area contributed by atoms with Gasteiger partial charge in [-0.1, -0.05) is 59.7 Å². The molecule has 0 fully saturated rings. The molecular formula is C15H14BF3O3S. The summed E-state index contributed by atoms with van der Waals surface area (Å²) < 4.78 is 65.2. The van der Waals surface area contributed by atoms with Gasteiger partial charge in [-0.25, -0.2) is 0 Å². The summed E-state index contributed by atoms with van der Waals surface area (Å²) in [7, 11) is -5.71. The van der Waals surface area contributed by atoms with Gasteiger partial charge < -0.3 is 4.10 Å². The van der Waals surface area contributed by atoms with E-state index in [9.17, 15) is 21.6 Å². The molecule has 122 valence electrons. The molecule has 2 aromatic carbocycles. The molecule has 8 heteroatoms. The first kappa shape index (κ1) is 17.6. The van der Waals surface area contributed by atoms with Gasteiger partial charge in [0.05, 0.1) is 0 Å². The maximum atomic E-state index is 12.6. The van der Waals surface area contributed by atoms with Crippen LogP contribution in [0.1, 0.15) is 11.1 Å². The quantitative estimate of drug-likeness (QED) is 0.633. The van der Waals surface area contributed by atoms with Gasteiger partial charge in [-0.05, 0) is 24.8 Å². The van der Waals surface area contributed by atoms with Crippen LogP contribution >= 0.6 is 0 Å². The van der Waals surface area contributed by atoms with Crippen LogP contribution in [0.4, 0.5) is 13.2 Å². The Morgan fingerprint density at radius 2 is 1.17 bits per heavy atom. The first-order valence-electron chi connectivity index (χ1n) is 6.73. The van der Waals surface area contributed by atoms with E-state index < -0.39 is 22.5 Å². The van der Waals surface area contributed by atoms with E-state index in [0.717, 1.165) is 11.1 Å². The van der Waals surface area contributed by atoms with E-state index in [2.05, 4.69) is 4.10 Å². The van der Waals surface area contributed by atoms with Crippen LogP contribution in [0.3, 0.4) is 0 Å². The van der Waals surface area contributed by atoms with Gasteiger partial charge in [0.2, 0.25) is 0 Å². The Morgan fingerprint density at radius 1 is 0.826 bits per heavy atom. The van der Waals surface area contributed by atoms with E-state index >= 15 is 0 Å². The van der Waals surface area contributed by atoms with E-state index in [1.807, 2.05) is 13.8 Å². The summed E-state index contributed by atoms with van der Waals surface area (Å²) in [4.78, 5) is 0. The maximum absolute atomic E-state index is 12.6. The summed E-state index contributed by atoms with van der Waals surface area (Å²) in [5, 5.41) is 0. The molecular weight excluding hydrogens is 328 g/mol. The van der Waals surface area contributed by atoms with Crippen LogP contribution < -0.4 is 10.9 Å². The van der Waals surface area contributed by atoms with Gasteiger partial charge in [0.25, 0.3) is 0 Å². The van der Waals surface area contributed by atoms with E-state index in [4.69, 9.17) is 0 Å². The summed E-state index contributed by atoms with van der Waals surface area (Å²) in [6.45, 7) is 2.28. The number of hydrogen-bond acceptors (Lipinski definition) is 3. The Morgan fingerprint density at radius 3 is 1.48 bits per heavy atom. The molecule has 0 saturated carbocycles. The number of alkyl halides is 3. The van der Waals surface area contributed by atoms with Gasteiger partial charge in [0, 0.05) is 0 Å². The van der Waals surface area contributed by atoms with Crippen molar-refractivity contribution in [1.82, 2.24) is 0 Å². The third-order valence-corrected chi connectivity index (χ3v) is 4.28. The van der Waals surface area contributed by atoms with Gasteiger partial charge in [0.15, 0.2) is 0 Å². The molecule has 2 rings (SSSR count). The van der Waals surface area contributed by atoms with Gasteiger partial charge in [0.1, 0.15) is 0 Å². The molecule has 23 heavy (non-hydrogen) atoms. The number of halogens is 3. The molecule has 0 bridgehead atoms. The average molecular weight is 342 g/mol. The van der Waals surface area contributed by atoms with Crippen LogP contribution in [-0.4, -0.2) is 20.8 Å². The molecule has 0 amide bonds. The summed E-state index contributed by atoms with van der Waals surface area (Å²) in [6, 6.07) is 12.9. The molecule has 3 nitrogen and oxygen atoms in total. The SMILES string of the molecule is Cc1ccc(B(OS(=O)(=O)C(F)(F)F)c2ccc(C)cc2)cc1. The minimum Gasteiger partial charge on any atom is -0.314 e. The average Bonchev–Trinajstić information content (AvgIpc) is 2.46. The van der Waals surface area contributed by atoms with Crippen LogP contribution in [0, 0.1) is 13.8 Å². The van der Waals surface area contributed by atoms with Crippen molar-refractivity contribution in [1.29, 1.82) is 0 Å². The van der Waals surface area contributed by atoms with E-state index in [1.165, 1.54) is 0 Å². The Bertz CT molecular complexity index is 724. The predicted octanol–water partition coefficient (Wildman–Crippen LogP) is 2.28. The second-order valence-corrected chi connectivity index (χ2v) is 6.76. The smallest absolute Gasteiger partial charge is 0.314 e. The topological polar surface area (TPSA) is 43.4 Å². The molecule has 0 aliphatic heterocycles. The Labute approximate surface area is 133 Å². The Balaban J connectivity index is 2.48.